The van der Waals surface area contributed by atoms with E-state index in [1.165, 1.54) is 0 Å². The smallest absolute Gasteiger partial charge is 0.317 e. The zero-order valence-electron chi connectivity index (χ0n) is 14.0. The number of carbonyl (C=O) groups is 1. The van der Waals surface area contributed by atoms with Gasteiger partial charge in [-0.1, -0.05) is 6.07 Å². The molecule has 0 bridgehead atoms. The van der Waals surface area contributed by atoms with E-state index >= 15 is 0 Å². The highest BCUT2D eigenvalue weighted by molar-refractivity contribution is 5.89. The number of aliphatic hydroxyl groups excluding tert-OH is 1. The molecule has 1 saturated heterocycles. The van der Waals surface area contributed by atoms with Gasteiger partial charge < -0.3 is 25.0 Å². The molecule has 0 spiro atoms. The first-order chi connectivity index (χ1) is 11.7. The molecular formula is C18H25N3O3. The fraction of sp³-hybridized carbons (Fsp3) is 0.500. The Morgan fingerprint density at radius 3 is 3.17 bits per heavy atom. The van der Waals surface area contributed by atoms with E-state index in [9.17, 15) is 9.90 Å². The summed E-state index contributed by atoms with van der Waals surface area (Å²) < 4.78 is 5.43. The third-order valence-electron chi connectivity index (χ3n) is 4.70. The van der Waals surface area contributed by atoms with E-state index in [-0.39, 0.29) is 18.6 Å². The lowest BCUT2D eigenvalue weighted by Crippen LogP contribution is -2.46. The molecule has 1 atom stereocenters. The molecule has 0 unspecified atom stereocenters. The average Bonchev–Trinajstić information content (AvgIpc) is 3.05. The maximum atomic E-state index is 12.3. The molecule has 2 heterocycles. The highest BCUT2D eigenvalue weighted by Crippen LogP contribution is 2.28. The molecule has 6 heteroatoms. The predicted octanol–water partition coefficient (Wildman–Crippen LogP) is 2.13. The number of nitrogens with zero attached hydrogens (tertiary/aromatic N) is 1. The van der Waals surface area contributed by atoms with Crippen LogP contribution in [0.4, 0.5) is 4.79 Å². The van der Waals surface area contributed by atoms with Gasteiger partial charge in [-0.25, -0.2) is 4.79 Å². The maximum Gasteiger partial charge on any atom is 0.317 e. The lowest BCUT2D eigenvalue weighted by Gasteiger charge is -2.31. The van der Waals surface area contributed by atoms with Crippen LogP contribution in [0, 0.1) is 5.92 Å². The van der Waals surface area contributed by atoms with Crippen LogP contribution >= 0.6 is 0 Å². The summed E-state index contributed by atoms with van der Waals surface area (Å²) in [5, 5.41) is 13.3. The zero-order chi connectivity index (χ0) is 16.9. The predicted molar refractivity (Wildman–Crippen MR) is 93.3 cm³/mol. The van der Waals surface area contributed by atoms with E-state index in [1.54, 1.807) is 12.0 Å². The van der Waals surface area contributed by atoms with Crippen LogP contribution in [0.2, 0.25) is 0 Å². The molecule has 3 N–H and O–H groups in total. The number of urea groups is 1. The minimum Gasteiger partial charge on any atom is -0.496 e. The Morgan fingerprint density at radius 1 is 1.50 bits per heavy atom. The molecule has 2 amide bonds. The van der Waals surface area contributed by atoms with Crippen LogP contribution in [0.25, 0.3) is 10.9 Å². The monoisotopic (exact) mass is 331 g/mol. The van der Waals surface area contributed by atoms with Crippen molar-refractivity contribution in [3.05, 3.63) is 30.0 Å². The number of hydrogen-bond donors (Lipinski definition) is 3. The summed E-state index contributed by atoms with van der Waals surface area (Å²) in [6, 6.07) is 5.88. The molecule has 2 aromatic rings. The van der Waals surface area contributed by atoms with Crippen LogP contribution in [0.5, 0.6) is 5.75 Å². The Bertz CT molecular complexity index is 698. The second kappa shape index (κ2) is 7.57. The van der Waals surface area contributed by atoms with Gasteiger partial charge in [0.25, 0.3) is 0 Å². The fourth-order valence-electron chi connectivity index (χ4n) is 3.40. The molecule has 0 aliphatic carbocycles. The van der Waals surface area contributed by atoms with E-state index < -0.39 is 0 Å². The summed E-state index contributed by atoms with van der Waals surface area (Å²) in [4.78, 5) is 17.3. The number of carbonyl (C=O) groups excluding carboxylic acids is 1. The Labute approximate surface area is 141 Å². The zero-order valence-corrected chi connectivity index (χ0v) is 14.0. The number of likely N-dealkylation sites (tertiary alicyclic amines) is 1. The fourth-order valence-corrected chi connectivity index (χ4v) is 3.40. The molecular weight excluding hydrogens is 306 g/mol. The van der Waals surface area contributed by atoms with Crippen molar-refractivity contribution in [2.45, 2.75) is 19.3 Å². The van der Waals surface area contributed by atoms with Gasteiger partial charge in [0.1, 0.15) is 5.75 Å². The first-order valence-electron chi connectivity index (χ1n) is 8.49. The van der Waals surface area contributed by atoms with Crippen molar-refractivity contribution in [2.75, 3.05) is 33.4 Å². The number of aliphatic hydroxyl groups is 1. The van der Waals surface area contributed by atoms with Crippen molar-refractivity contribution >= 4 is 16.9 Å². The number of methoxy groups -OCH3 is 1. The molecule has 1 aliphatic rings. The second-order valence-corrected chi connectivity index (χ2v) is 6.32. The van der Waals surface area contributed by atoms with Gasteiger partial charge in [-0.2, -0.15) is 0 Å². The van der Waals surface area contributed by atoms with Crippen molar-refractivity contribution in [1.29, 1.82) is 0 Å². The third kappa shape index (κ3) is 3.48. The standard InChI is InChI=1S/C18H25N3O3/c1-24-16-6-2-5-15-17(16)14(10-20-15)7-8-19-18(23)21-9-3-4-13(11-21)12-22/h2,5-6,10,13,20,22H,3-4,7-9,11-12H2,1H3,(H,19,23)/t13-/m1/s1. The van der Waals surface area contributed by atoms with Crippen molar-refractivity contribution in [1.82, 2.24) is 15.2 Å². The molecule has 3 rings (SSSR count). The Kier molecular flexibility index (Phi) is 5.25. The van der Waals surface area contributed by atoms with Crippen molar-refractivity contribution in [3.8, 4) is 5.75 Å². The van der Waals surface area contributed by atoms with Gasteiger partial charge in [0.05, 0.1) is 7.11 Å². The van der Waals surface area contributed by atoms with Crippen LogP contribution < -0.4 is 10.1 Å². The van der Waals surface area contributed by atoms with Gasteiger partial charge in [0.2, 0.25) is 0 Å². The number of benzene rings is 1. The van der Waals surface area contributed by atoms with Crippen molar-refractivity contribution in [3.63, 3.8) is 0 Å². The molecule has 1 fully saturated rings. The summed E-state index contributed by atoms with van der Waals surface area (Å²) in [6.45, 7) is 2.13. The summed E-state index contributed by atoms with van der Waals surface area (Å²) in [5.41, 5.74) is 2.17. The molecule has 1 aliphatic heterocycles. The summed E-state index contributed by atoms with van der Waals surface area (Å²) in [6.07, 6.45) is 4.67. The van der Waals surface area contributed by atoms with Crippen LogP contribution in [0.1, 0.15) is 18.4 Å². The van der Waals surface area contributed by atoms with Crippen LogP contribution in [0.15, 0.2) is 24.4 Å². The minimum atomic E-state index is -0.0417. The van der Waals surface area contributed by atoms with E-state index in [0.717, 1.165) is 48.0 Å². The highest BCUT2D eigenvalue weighted by Gasteiger charge is 2.22. The highest BCUT2D eigenvalue weighted by atomic mass is 16.5. The van der Waals surface area contributed by atoms with Crippen LogP contribution in [-0.2, 0) is 6.42 Å². The number of piperidine rings is 1. The number of nitrogens with one attached hydrogen (secondary N) is 2. The third-order valence-corrected chi connectivity index (χ3v) is 4.70. The lowest BCUT2D eigenvalue weighted by atomic mass is 9.99. The molecule has 6 nitrogen and oxygen atoms in total. The SMILES string of the molecule is COc1cccc2[nH]cc(CCNC(=O)N3CCC[C@@H](CO)C3)c12. The number of H-pyrrole nitrogens is 1. The number of hydrogen-bond acceptors (Lipinski definition) is 3. The molecule has 1 aromatic heterocycles. The Morgan fingerprint density at radius 2 is 2.38 bits per heavy atom. The van der Waals surface area contributed by atoms with E-state index in [2.05, 4.69) is 10.3 Å². The lowest BCUT2D eigenvalue weighted by molar-refractivity contribution is 0.129. The number of rotatable bonds is 5. The van der Waals surface area contributed by atoms with Crippen LogP contribution in [0.3, 0.4) is 0 Å². The number of aromatic amines is 1. The van der Waals surface area contributed by atoms with Crippen molar-refractivity contribution in [2.24, 2.45) is 5.92 Å². The van der Waals surface area contributed by atoms with Gasteiger partial charge in [-0.05, 0) is 42.9 Å². The van der Waals surface area contributed by atoms with E-state index in [4.69, 9.17) is 4.74 Å². The minimum absolute atomic E-state index is 0.0417. The first kappa shape index (κ1) is 16.6. The molecule has 130 valence electrons. The largest absolute Gasteiger partial charge is 0.496 e. The summed E-state index contributed by atoms with van der Waals surface area (Å²) >= 11 is 0. The van der Waals surface area contributed by atoms with Gasteiger partial charge in [0.15, 0.2) is 0 Å². The van der Waals surface area contributed by atoms with Gasteiger partial charge >= 0.3 is 6.03 Å². The van der Waals surface area contributed by atoms with E-state index in [0.29, 0.717) is 13.1 Å². The number of fused-ring (bicyclic) bond motifs is 1. The second-order valence-electron chi connectivity index (χ2n) is 6.32. The quantitative estimate of drug-likeness (QED) is 0.785. The summed E-state index contributed by atoms with van der Waals surface area (Å²) in [5.74, 6) is 1.05. The first-order valence-corrected chi connectivity index (χ1v) is 8.49. The summed E-state index contributed by atoms with van der Waals surface area (Å²) in [7, 11) is 1.67. The Hall–Kier alpha value is -2.21. The normalized spacial score (nSPS) is 17.9. The van der Waals surface area contributed by atoms with Gasteiger partial charge in [0, 0.05) is 43.3 Å². The average molecular weight is 331 g/mol. The molecule has 0 radical (unpaired) electrons. The maximum absolute atomic E-state index is 12.3. The van der Waals surface area contributed by atoms with Gasteiger partial charge in [-0.15, -0.1) is 0 Å². The Balaban J connectivity index is 1.58. The number of aromatic nitrogens is 1. The van der Waals surface area contributed by atoms with E-state index in [1.807, 2.05) is 24.4 Å². The van der Waals surface area contributed by atoms with Crippen LogP contribution in [-0.4, -0.2) is 54.4 Å². The molecule has 0 saturated carbocycles. The van der Waals surface area contributed by atoms with Gasteiger partial charge in [-0.3, -0.25) is 0 Å². The topological polar surface area (TPSA) is 77.6 Å². The van der Waals surface area contributed by atoms with Crippen molar-refractivity contribution < 1.29 is 14.6 Å². The number of ether oxygens (including phenoxy) is 1. The molecule has 1 aromatic carbocycles. The number of amides is 2. The molecule has 24 heavy (non-hydrogen) atoms.